The minimum atomic E-state index is -0.0324. The summed E-state index contributed by atoms with van der Waals surface area (Å²) in [5.41, 5.74) is 0. The molecule has 0 saturated carbocycles. The van der Waals surface area contributed by atoms with Crippen molar-refractivity contribution in [1.29, 1.82) is 0 Å². The monoisotopic (exact) mass is 295 g/mol. The van der Waals surface area contributed by atoms with Crippen LogP contribution in [0, 0.1) is 0 Å². The molecule has 0 aromatic carbocycles. The third kappa shape index (κ3) is 5.95. The van der Waals surface area contributed by atoms with Crippen LogP contribution in [-0.4, -0.2) is 49.2 Å². The summed E-state index contributed by atoms with van der Waals surface area (Å²) < 4.78 is 5.36. The Labute approximate surface area is 126 Å². The van der Waals surface area contributed by atoms with Crippen LogP contribution in [0.2, 0.25) is 0 Å². The number of amides is 1. The molecule has 0 saturated heterocycles. The van der Waals surface area contributed by atoms with Crippen LogP contribution < -0.4 is 15.5 Å². The third-order valence-electron chi connectivity index (χ3n) is 2.70. The van der Waals surface area contributed by atoms with Crippen molar-refractivity contribution < 1.29 is 9.53 Å². The second-order valence-corrected chi connectivity index (χ2v) is 4.50. The van der Waals surface area contributed by atoms with E-state index in [1.165, 1.54) is 0 Å². The minimum Gasteiger partial charge on any atom is -0.374 e. The zero-order chi connectivity index (χ0) is 15.7. The summed E-state index contributed by atoms with van der Waals surface area (Å²) in [5, 5.41) is 5.93. The molecular weight excluding hydrogens is 270 g/mol. The Morgan fingerprint density at radius 1 is 1.29 bits per heavy atom. The highest BCUT2D eigenvalue weighted by molar-refractivity contribution is 5.80. The molecule has 7 nitrogen and oxygen atoms in total. The molecule has 0 spiro atoms. The lowest BCUT2D eigenvalue weighted by molar-refractivity contribution is -0.119. The van der Waals surface area contributed by atoms with Crippen LogP contribution in [0.5, 0.6) is 0 Å². The largest absolute Gasteiger partial charge is 0.374 e. The van der Waals surface area contributed by atoms with Gasteiger partial charge in [0, 0.05) is 32.8 Å². The Morgan fingerprint density at radius 2 is 2.05 bits per heavy atom. The van der Waals surface area contributed by atoms with Crippen molar-refractivity contribution in [2.45, 2.75) is 27.4 Å². The van der Waals surface area contributed by atoms with Gasteiger partial charge in [-0.2, -0.15) is 0 Å². The molecule has 1 aromatic heterocycles. The van der Waals surface area contributed by atoms with Crippen LogP contribution in [0.15, 0.2) is 6.07 Å². The SMILES string of the molecule is CCNC(=O)CN(C)c1cc(NCC)nc(COCC)n1. The summed E-state index contributed by atoms with van der Waals surface area (Å²) in [6, 6.07) is 1.83. The first-order valence-electron chi connectivity index (χ1n) is 7.28. The molecule has 0 unspecified atom stereocenters. The molecular formula is C14H25N5O2. The molecule has 0 bridgehead atoms. The Morgan fingerprint density at radius 3 is 2.67 bits per heavy atom. The van der Waals surface area contributed by atoms with Gasteiger partial charge in [-0.3, -0.25) is 4.79 Å². The van der Waals surface area contributed by atoms with Crippen LogP contribution >= 0.6 is 0 Å². The molecule has 0 aliphatic carbocycles. The molecule has 2 N–H and O–H groups in total. The van der Waals surface area contributed by atoms with E-state index in [-0.39, 0.29) is 12.5 Å². The number of ether oxygens (including phenoxy) is 1. The van der Waals surface area contributed by atoms with Gasteiger partial charge >= 0.3 is 0 Å². The summed E-state index contributed by atoms with van der Waals surface area (Å²) >= 11 is 0. The molecule has 0 aliphatic heterocycles. The van der Waals surface area contributed by atoms with Gasteiger partial charge in [-0.15, -0.1) is 0 Å². The van der Waals surface area contributed by atoms with Crippen molar-refractivity contribution in [1.82, 2.24) is 15.3 Å². The Kier molecular flexibility index (Phi) is 7.45. The highest BCUT2D eigenvalue weighted by Crippen LogP contribution is 2.15. The van der Waals surface area contributed by atoms with E-state index in [4.69, 9.17) is 4.74 Å². The first-order valence-corrected chi connectivity index (χ1v) is 7.28. The van der Waals surface area contributed by atoms with Crippen LogP contribution in [-0.2, 0) is 16.1 Å². The lowest BCUT2D eigenvalue weighted by Gasteiger charge is -2.19. The number of aromatic nitrogens is 2. The lowest BCUT2D eigenvalue weighted by atomic mass is 10.4. The van der Waals surface area contributed by atoms with E-state index >= 15 is 0 Å². The van der Waals surface area contributed by atoms with E-state index in [1.807, 2.05) is 33.9 Å². The summed E-state index contributed by atoms with van der Waals surface area (Å²) in [6.45, 7) is 8.44. The number of rotatable bonds is 9. The molecule has 0 aliphatic rings. The fraction of sp³-hybridized carbons (Fsp3) is 0.643. The van der Waals surface area contributed by atoms with Gasteiger partial charge in [-0.05, 0) is 20.8 Å². The average molecular weight is 295 g/mol. The van der Waals surface area contributed by atoms with Gasteiger partial charge in [0.25, 0.3) is 0 Å². The van der Waals surface area contributed by atoms with Gasteiger partial charge in [0.2, 0.25) is 5.91 Å². The number of carbonyl (C=O) groups is 1. The third-order valence-corrected chi connectivity index (χ3v) is 2.70. The number of hydrogen-bond acceptors (Lipinski definition) is 6. The van der Waals surface area contributed by atoms with Gasteiger partial charge in [0.05, 0.1) is 6.54 Å². The maximum Gasteiger partial charge on any atom is 0.239 e. The van der Waals surface area contributed by atoms with E-state index in [2.05, 4.69) is 20.6 Å². The number of nitrogens with one attached hydrogen (secondary N) is 2. The maximum atomic E-state index is 11.7. The van der Waals surface area contributed by atoms with Crippen molar-refractivity contribution in [2.75, 3.05) is 43.5 Å². The molecule has 1 heterocycles. The van der Waals surface area contributed by atoms with Gasteiger partial charge < -0.3 is 20.3 Å². The topological polar surface area (TPSA) is 79.4 Å². The summed E-state index contributed by atoms with van der Waals surface area (Å²) in [6.07, 6.45) is 0. The molecule has 0 radical (unpaired) electrons. The van der Waals surface area contributed by atoms with Crippen LogP contribution in [0.4, 0.5) is 11.6 Å². The van der Waals surface area contributed by atoms with Crippen LogP contribution in [0.25, 0.3) is 0 Å². The molecule has 1 rings (SSSR count). The molecule has 1 amide bonds. The molecule has 21 heavy (non-hydrogen) atoms. The van der Waals surface area contributed by atoms with Crippen molar-refractivity contribution in [3.63, 3.8) is 0 Å². The fourth-order valence-corrected chi connectivity index (χ4v) is 1.76. The molecule has 118 valence electrons. The Balaban J connectivity index is 2.87. The maximum absolute atomic E-state index is 11.7. The van der Waals surface area contributed by atoms with E-state index in [1.54, 1.807) is 4.90 Å². The standard InChI is InChI=1S/C14H25N5O2/c1-5-15-11-8-13(18-12(17-11)10-21-7-3)19(4)9-14(20)16-6-2/h8H,5-7,9-10H2,1-4H3,(H,16,20)(H,15,17,18). The van der Waals surface area contributed by atoms with Crippen LogP contribution in [0.3, 0.4) is 0 Å². The van der Waals surface area contributed by atoms with Crippen molar-refractivity contribution in [2.24, 2.45) is 0 Å². The second-order valence-electron chi connectivity index (χ2n) is 4.50. The smallest absolute Gasteiger partial charge is 0.239 e. The predicted octanol–water partition coefficient (Wildman–Crippen LogP) is 1.02. The van der Waals surface area contributed by atoms with E-state index < -0.39 is 0 Å². The Hall–Kier alpha value is -1.89. The highest BCUT2D eigenvalue weighted by Gasteiger charge is 2.11. The van der Waals surface area contributed by atoms with Crippen molar-refractivity contribution in [3.8, 4) is 0 Å². The molecule has 0 atom stereocenters. The fourth-order valence-electron chi connectivity index (χ4n) is 1.76. The first-order chi connectivity index (χ1) is 10.1. The van der Waals surface area contributed by atoms with Crippen LogP contribution in [0.1, 0.15) is 26.6 Å². The summed E-state index contributed by atoms with van der Waals surface area (Å²) in [4.78, 5) is 22.3. The second kappa shape index (κ2) is 9.12. The quantitative estimate of drug-likeness (QED) is 0.708. The van der Waals surface area contributed by atoms with Gasteiger partial charge in [0.15, 0.2) is 5.82 Å². The van der Waals surface area contributed by atoms with E-state index in [0.717, 1.165) is 12.4 Å². The number of anilines is 2. The number of nitrogens with zero attached hydrogens (tertiary/aromatic N) is 3. The summed E-state index contributed by atoms with van der Waals surface area (Å²) in [5.74, 6) is 2.00. The number of carbonyl (C=O) groups excluding carboxylic acids is 1. The van der Waals surface area contributed by atoms with Gasteiger partial charge in [-0.25, -0.2) is 9.97 Å². The van der Waals surface area contributed by atoms with Crippen molar-refractivity contribution >= 4 is 17.5 Å². The van der Waals surface area contributed by atoms with Gasteiger partial charge in [-0.1, -0.05) is 0 Å². The zero-order valence-electron chi connectivity index (χ0n) is 13.3. The van der Waals surface area contributed by atoms with Crippen molar-refractivity contribution in [3.05, 3.63) is 11.9 Å². The molecule has 7 heteroatoms. The highest BCUT2D eigenvalue weighted by atomic mass is 16.5. The first kappa shape index (κ1) is 17.2. The predicted molar refractivity (Wildman–Crippen MR) is 83.5 cm³/mol. The minimum absolute atomic E-state index is 0.0324. The number of likely N-dealkylation sites (N-methyl/N-ethyl adjacent to an activating group) is 2. The lowest BCUT2D eigenvalue weighted by Crippen LogP contribution is -2.35. The normalized spacial score (nSPS) is 10.3. The Bertz CT molecular complexity index is 453. The van der Waals surface area contributed by atoms with Gasteiger partial charge in [0.1, 0.15) is 18.2 Å². The zero-order valence-corrected chi connectivity index (χ0v) is 13.3. The molecule has 0 fully saturated rings. The van der Waals surface area contributed by atoms with E-state index in [0.29, 0.717) is 31.4 Å². The number of hydrogen-bond donors (Lipinski definition) is 2. The molecule has 1 aromatic rings. The average Bonchev–Trinajstić information content (AvgIpc) is 2.45. The van der Waals surface area contributed by atoms with E-state index in [9.17, 15) is 4.79 Å². The summed E-state index contributed by atoms with van der Waals surface area (Å²) in [7, 11) is 1.83.